The Kier molecular flexibility index (Phi) is 3.90. The van der Waals surface area contributed by atoms with Crippen molar-refractivity contribution in [1.29, 1.82) is 0 Å². The third kappa shape index (κ3) is 3.16. The molecule has 112 valence electrons. The van der Waals surface area contributed by atoms with E-state index in [1.165, 1.54) is 7.11 Å². The average molecular weight is 311 g/mol. The number of hydrogen-bond acceptors (Lipinski definition) is 5. The van der Waals surface area contributed by atoms with Gasteiger partial charge in [0, 0.05) is 0 Å². The summed E-state index contributed by atoms with van der Waals surface area (Å²) in [6, 6.07) is 7.08. The molecule has 0 aliphatic carbocycles. The number of nitrogens with one attached hydrogen (secondary N) is 1. The number of furan rings is 1. The van der Waals surface area contributed by atoms with Gasteiger partial charge in [-0.2, -0.15) is 8.42 Å². The zero-order chi connectivity index (χ0) is 15.6. The molecule has 2 aromatic rings. The highest BCUT2D eigenvalue weighted by molar-refractivity contribution is 7.92. The first kappa shape index (κ1) is 14.9. The van der Waals surface area contributed by atoms with Crippen molar-refractivity contribution in [2.75, 3.05) is 11.8 Å². The van der Waals surface area contributed by atoms with Crippen LogP contribution in [0.4, 0.5) is 5.69 Å². The van der Waals surface area contributed by atoms with Crippen LogP contribution in [0.25, 0.3) is 0 Å². The van der Waals surface area contributed by atoms with E-state index in [1.807, 2.05) is 6.92 Å². The second kappa shape index (κ2) is 5.49. The van der Waals surface area contributed by atoms with Crippen LogP contribution in [0.2, 0.25) is 0 Å². The van der Waals surface area contributed by atoms with Crippen molar-refractivity contribution in [1.82, 2.24) is 0 Å². The molecule has 0 radical (unpaired) electrons. The van der Waals surface area contributed by atoms with Gasteiger partial charge >= 0.3 is 5.97 Å². The number of rotatable bonds is 5. The van der Waals surface area contributed by atoms with Gasteiger partial charge in [0.25, 0.3) is 10.0 Å². The first-order chi connectivity index (χ1) is 9.83. The lowest BCUT2D eigenvalue weighted by Crippen LogP contribution is -2.13. The summed E-state index contributed by atoms with van der Waals surface area (Å²) in [5.41, 5.74) is 1.14. The number of aromatic carboxylic acids is 1. The molecule has 2 rings (SSSR count). The normalized spacial score (nSPS) is 11.1. The summed E-state index contributed by atoms with van der Waals surface area (Å²) in [6.45, 7) is 1.84. The fourth-order valence-electron chi connectivity index (χ4n) is 1.66. The van der Waals surface area contributed by atoms with Gasteiger partial charge in [-0.25, -0.2) is 4.79 Å². The SMILES string of the molecule is COc1cc(C)ccc1NS(=O)(=O)c1ccc(C(=O)O)o1. The van der Waals surface area contributed by atoms with Crippen LogP contribution in [-0.2, 0) is 10.0 Å². The van der Waals surface area contributed by atoms with Crippen molar-refractivity contribution in [3.8, 4) is 5.75 Å². The molecule has 1 heterocycles. The van der Waals surface area contributed by atoms with Gasteiger partial charge in [-0.05, 0) is 36.8 Å². The standard InChI is InChI=1S/C13H13NO6S/c1-8-3-4-9(11(7-8)19-2)14-21(17,18)12-6-5-10(20-12)13(15)16/h3-7,14H,1-2H3,(H,15,16). The molecule has 0 saturated heterocycles. The Bertz CT molecular complexity index is 778. The molecule has 1 aromatic heterocycles. The molecule has 0 spiro atoms. The Labute approximate surface area is 121 Å². The molecule has 8 heteroatoms. The Morgan fingerprint density at radius 3 is 2.57 bits per heavy atom. The highest BCUT2D eigenvalue weighted by atomic mass is 32.2. The number of benzene rings is 1. The molecule has 7 nitrogen and oxygen atoms in total. The van der Waals surface area contributed by atoms with E-state index in [0.717, 1.165) is 17.7 Å². The van der Waals surface area contributed by atoms with Gasteiger partial charge in [0.2, 0.25) is 10.9 Å². The van der Waals surface area contributed by atoms with Gasteiger partial charge < -0.3 is 14.3 Å². The van der Waals surface area contributed by atoms with E-state index in [9.17, 15) is 13.2 Å². The van der Waals surface area contributed by atoms with Crippen LogP contribution in [-0.4, -0.2) is 26.6 Å². The monoisotopic (exact) mass is 311 g/mol. The van der Waals surface area contributed by atoms with E-state index < -0.39 is 26.8 Å². The fraction of sp³-hybridized carbons (Fsp3) is 0.154. The first-order valence-corrected chi connectivity index (χ1v) is 7.32. The molecule has 0 amide bonds. The number of carbonyl (C=O) groups is 1. The molecule has 21 heavy (non-hydrogen) atoms. The minimum atomic E-state index is -4.03. The van der Waals surface area contributed by atoms with Crippen LogP contribution in [0, 0.1) is 6.92 Å². The fourth-order valence-corrected chi connectivity index (χ4v) is 2.66. The third-order valence-electron chi connectivity index (χ3n) is 2.66. The van der Waals surface area contributed by atoms with Gasteiger partial charge in [-0.15, -0.1) is 0 Å². The van der Waals surface area contributed by atoms with Crippen LogP contribution in [0.5, 0.6) is 5.75 Å². The Balaban J connectivity index is 2.35. The van der Waals surface area contributed by atoms with E-state index in [1.54, 1.807) is 18.2 Å². The predicted molar refractivity (Wildman–Crippen MR) is 74.2 cm³/mol. The maximum Gasteiger partial charge on any atom is 0.371 e. The highest BCUT2D eigenvalue weighted by Gasteiger charge is 2.22. The number of methoxy groups -OCH3 is 1. The van der Waals surface area contributed by atoms with Crippen molar-refractivity contribution in [3.63, 3.8) is 0 Å². The summed E-state index contributed by atoms with van der Waals surface area (Å²) in [5, 5.41) is 8.25. The highest BCUT2D eigenvalue weighted by Crippen LogP contribution is 2.28. The van der Waals surface area contributed by atoms with Gasteiger partial charge in [-0.3, -0.25) is 4.72 Å². The first-order valence-electron chi connectivity index (χ1n) is 5.84. The van der Waals surface area contributed by atoms with Crippen molar-refractivity contribution in [2.45, 2.75) is 12.0 Å². The minimum absolute atomic E-state index is 0.233. The lowest BCUT2D eigenvalue weighted by molar-refractivity contribution is 0.0656. The van der Waals surface area contributed by atoms with Crippen molar-refractivity contribution >= 4 is 21.7 Å². The molecular weight excluding hydrogens is 298 g/mol. The largest absolute Gasteiger partial charge is 0.495 e. The maximum atomic E-state index is 12.1. The summed E-state index contributed by atoms with van der Waals surface area (Å²) >= 11 is 0. The third-order valence-corrected chi connectivity index (χ3v) is 3.90. The summed E-state index contributed by atoms with van der Waals surface area (Å²) in [5.74, 6) is -1.45. The molecule has 0 aliphatic heterocycles. The number of carboxylic acid groups (broad SMARTS) is 1. The molecule has 0 aliphatic rings. The van der Waals surface area contributed by atoms with Gasteiger partial charge in [0.15, 0.2) is 0 Å². The Morgan fingerprint density at radius 2 is 2.00 bits per heavy atom. The molecule has 1 aromatic carbocycles. The second-order valence-electron chi connectivity index (χ2n) is 4.23. The smallest absolute Gasteiger partial charge is 0.371 e. The zero-order valence-corrected chi connectivity index (χ0v) is 12.1. The van der Waals surface area contributed by atoms with Crippen molar-refractivity contribution < 1.29 is 27.5 Å². The van der Waals surface area contributed by atoms with Crippen molar-refractivity contribution in [3.05, 3.63) is 41.7 Å². The van der Waals surface area contributed by atoms with E-state index in [-0.39, 0.29) is 5.69 Å². The number of aryl methyl sites for hydroxylation is 1. The molecule has 0 atom stereocenters. The summed E-state index contributed by atoms with van der Waals surface area (Å²) < 4.78 is 36.5. The lowest BCUT2D eigenvalue weighted by Gasteiger charge is -2.11. The predicted octanol–water partition coefficient (Wildman–Crippen LogP) is 2.10. The quantitative estimate of drug-likeness (QED) is 0.876. The van der Waals surface area contributed by atoms with Gasteiger partial charge in [0.1, 0.15) is 5.75 Å². The van der Waals surface area contributed by atoms with Crippen LogP contribution in [0.3, 0.4) is 0 Å². The number of anilines is 1. The van der Waals surface area contributed by atoms with E-state index in [4.69, 9.17) is 14.3 Å². The molecule has 0 bridgehead atoms. The van der Waals surface area contributed by atoms with Crippen LogP contribution >= 0.6 is 0 Å². The van der Waals surface area contributed by atoms with Crippen LogP contribution in [0.15, 0.2) is 39.8 Å². The topological polar surface area (TPSA) is 106 Å². The molecule has 0 unspecified atom stereocenters. The number of sulfonamides is 1. The minimum Gasteiger partial charge on any atom is -0.495 e. The zero-order valence-electron chi connectivity index (χ0n) is 11.3. The Morgan fingerprint density at radius 1 is 1.29 bits per heavy atom. The summed E-state index contributed by atoms with van der Waals surface area (Å²) in [6.07, 6.45) is 0. The van der Waals surface area contributed by atoms with Crippen LogP contribution in [0.1, 0.15) is 16.1 Å². The lowest BCUT2D eigenvalue weighted by atomic mass is 10.2. The van der Waals surface area contributed by atoms with Crippen molar-refractivity contribution in [2.24, 2.45) is 0 Å². The number of carboxylic acids is 1. The average Bonchev–Trinajstić information content (AvgIpc) is 2.91. The number of hydrogen-bond donors (Lipinski definition) is 2. The van der Waals surface area contributed by atoms with Gasteiger partial charge in [0.05, 0.1) is 12.8 Å². The van der Waals surface area contributed by atoms with E-state index >= 15 is 0 Å². The van der Waals surface area contributed by atoms with Crippen LogP contribution < -0.4 is 9.46 Å². The molecule has 0 saturated carbocycles. The summed E-state index contributed by atoms with van der Waals surface area (Å²) in [7, 11) is -2.61. The Hall–Kier alpha value is -2.48. The molecule has 2 N–H and O–H groups in total. The van der Waals surface area contributed by atoms with E-state index in [0.29, 0.717) is 5.75 Å². The van der Waals surface area contributed by atoms with Gasteiger partial charge in [-0.1, -0.05) is 6.07 Å². The van der Waals surface area contributed by atoms with E-state index in [2.05, 4.69) is 4.72 Å². The molecule has 0 fully saturated rings. The number of ether oxygens (including phenoxy) is 1. The second-order valence-corrected chi connectivity index (χ2v) is 5.85. The molecular formula is C13H13NO6S. The maximum absolute atomic E-state index is 12.1. The summed E-state index contributed by atoms with van der Waals surface area (Å²) in [4.78, 5) is 10.7.